The average Bonchev–Trinajstić information content (AvgIpc) is 3.63. The number of aromatic nitrogens is 4. The number of hydrogen-bond donors (Lipinski definition) is 4. The molecule has 0 spiro atoms. The van der Waals surface area contributed by atoms with Crippen molar-refractivity contribution in [2.75, 3.05) is 29.0 Å². The van der Waals surface area contributed by atoms with Crippen LogP contribution in [0.1, 0.15) is 75.8 Å². The summed E-state index contributed by atoms with van der Waals surface area (Å²) in [6, 6.07) is 8.93. The van der Waals surface area contributed by atoms with Crippen LogP contribution in [0.3, 0.4) is 0 Å². The van der Waals surface area contributed by atoms with Gasteiger partial charge in [-0.2, -0.15) is 9.97 Å². The standard InChI is InChI=1S/C29H41N9O2/c1-19-6-2-5-9-24(19)34-29(39)40-37-16-14-22(15-17-37)32-26-25-27(38(18-31-25)23-7-3-4-8-23)36-28(35-26)33-21-12-10-20(30)11-13-21/h2,5-6,9,18,20-23H,3-4,7-8,10-17,30H2,1H3,(H,34,39)(H2,32,33,35,36). The molecule has 3 aliphatic rings. The van der Waals surface area contributed by atoms with E-state index in [1.807, 2.05) is 37.5 Å². The second kappa shape index (κ2) is 12.0. The fraction of sp³-hybridized carbons (Fsp3) is 0.586. The molecule has 1 aromatic carbocycles. The van der Waals surface area contributed by atoms with Gasteiger partial charge >= 0.3 is 6.09 Å². The zero-order valence-corrected chi connectivity index (χ0v) is 23.3. The van der Waals surface area contributed by atoms with Gasteiger partial charge in [0.05, 0.1) is 6.33 Å². The van der Waals surface area contributed by atoms with E-state index < -0.39 is 6.09 Å². The number of amides is 1. The minimum absolute atomic E-state index is 0.189. The van der Waals surface area contributed by atoms with Gasteiger partial charge in [0.25, 0.3) is 0 Å². The van der Waals surface area contributed by atoms with Gasteiger partial charge in [-0.15, -0.1) is 5.06 Å². The molecule has 11 heteroatoms. The Balaban J connectivity index is 1.12. The van der Waals surface area contributed by atoms with E-state index >= 15 is 0 Å². The summed E-state index contributed by atoms with van der Waals surface area (Å²) < 4.78 is 2.25. The van der Waals surface area contributed by atoms with E-state index in [1.165, 1.54) is 12.8 Å². The molecule has 3 fully saturated rings. The van der Waals surface area contributed by atoms with Crippen LogP contribution in [0.25, 0.3) is 11.2 Å². The first kappa shape index (κ1) is 26.8. The summed E-state index contributed by atoms with van der Waals surface area (Å²) in [4.78, 5) is 32.7. The van der Waals surface area contributed by atoms with Crippen LogP contribution in [0, 0.1) is 6.92 Å². The van der Waals surface area contributed by atoms with Gasteiger partial charge in [0.15, 0.2) is 17.0 Å². The highest BCUT2D eigenvalue weighted by Crippen LogP contribution is 2.34. The van der Waals surface area contributed by atoms with Gasteiger partial charge in [-0.25, -0.2) is 9.78 Å². The smallest absolute Gasteiger partial charge is 0.365 e. The van der Waals surface area contributed by atoms with Crippen molar-refractivity contribution in [3.8, 4) is 0 Å². The SMILES string of the molecule is Cc1ccccc1NC(=O)ON1CCC(Nc2nc(NC3CCC(N)CC3)nc3c2ncn3C2CCCC2)CC1. The number of imidazole rings is 1. The predicted octanol–water partition coefficient (Wildman–Crippen LogP) is 4.97. The Morgan fingerprint density at radius 3 is 2.42 bits per heavy atom. The number of rotatable bonds is 7. The topological polar surface area (TPSA) is 135 Å². The molecule has 40 heavy (non-hydrogen) atoms. The van der Waals surface area contributed by atoms with Crippen LogP contribution in [-0.2, 0) is 4.84 Å². The molecular formula is C29H41N9O2. The molecule has 0 radical (unpaired) electrons. The number of fused-ring (bicyclic) bond motifs is 1. The molecular weight excluding hydrogens is 506 g/mol. The second-order valence-corrected chi connectivity index (χ2v) is 11.6. The number of benzene rings is 1. The van der Waals surface area contributed by atoms with Gasteiger partial charge in [-0.3, -0.25) is 5.32 Å². The van der Waals surface area contributed by atoms with Crippen LogP contribution in [0.2, 0.25) is 0 Å². The molecule has 2 saturated carbocycles. The number of carbonyl (C=O) groups is 1. The van der Waals surface area contributed by atoms with Crippen LogP contribution >= 0.6 is 0 Å². The number of nitrogens with zero attached hydrogens (tertiary/aromatic N) is 5. The molecule has 1 saturated heterocycles. The van der Waals surface area contributed by atoms with Crippen LogP contribution < -0.4 is 21.7 Å². The maximum absolute atomic E-state index is 12.5. The van der Waals surface area contributed by atoms with Crippen LogP contribution in [-0.4, -0.2) is 61.9 Å². The number of aryl methyl sites for hydroxylation is 1. The molecule has 2 aromatic heterocycles. The lowest BCUT2D eigenvalue weighted by molar-refractivity contribution is -0.107. The Morgan fingerprint density at radius 1 is 0.950 bits per heavy atom. The molecule has 5 N–H and O–H groups in total. The normalized spacial score (nSPS) is 22.9. The largest absolute Gasteiger partial charge is 0.430 e. The quantitative estimate of drug-likeness (QED) is 0.323. The lowest BCUT2D eigenvalue weighted by atomic mass is 9.92. The number of hydroxylamine groups is 2. The summed E-state index contributed by atoms with van der Waals surface area (Å²) >= 11 is 0. The molecule has 0 atom stereocenters. The highest BCUT2D eigenvalue weighted by molar-refractivity contribution is 5.85. The van der Waals surface area contributed by atoms with Crippen molar-refractivity contribution in [2.24, 2.45) is 5.73 Å². The number of nitrogens with one attached hydrogen (secondary N) is 3. The number of carbonyl (C=O) groups excluding carboxylic acids is 1. The summed E-state index contributed by atoms with van der Waals surface area (Å²) in [5, 5.41) is 11.8. The molecule has 1 amide bonds. The molecule has 11 nitrogen and oxygen atoms in total. The summed E-state index contributed by atoms with van der Waals surface area (Å²) in [6.07, 6.45) is 12.0. The van der Waals surface area contributed by atoms with Gasteiger partial charge in [0.2, 0.25) is 5.95 Å². The van der Waals surface area contributed by atoms with E-state index in [9.17, 15) is 4.79 Å². The monoisotopic (exact) mass is 547 g/mol. The molecule has 6 rings (SSSR count). The minimum Gasteiger partial charge on any atom is -0.365 e. The highest BCUT2D eigenvalue weighted by Gasteiger charge is 2.27. The van der Waals surface area contributed by atoms with E-state index in [0.29, 0.717) is 37.2 Å². The van der Waals surface area contributed by atoms with Gasteiger partial charge < -0.3 is 25.8 Å². The van der Waals surface area contributed by atoms with Gasteiger partial charge in [0.1, 0.15) is 0 Å². The van der Waals surface area contributed by atoms with Crippen molar-refractivity contribution < 1.29 is 9.63 Å². The molecule has 214 valence electrons. The van der Waals surface area contributed by atoms with Crippen LogP contribution in [0.5, 0.6) is 0 Å². The van der Waals surface area contributed by atoms with Crippen LogP contribution in [0.15, 0.2) is 30.6 Å². The number of anilines is 3. The van der Waals surface area contributed by atoms with Gasteiger partial charge in [-0.05, 0) is 69.9 Å². The molecule has 2 aliphatic carbocycles. The van der Waals surface area contributed by atoms with Crippen molar-refractivity contribution in [3.63, 3.8) is 0 Å². The van der Waals surface area contributed by atoms with Crippen molar-refractivity contribution in [3.05, 3.63) is 36.2 Å². The summed E-state index contributed by atoms with van der Waals surface area (Å²) in [5.74, 6) is 1.43. The first-order chi connectivity index (χ1) is 19.5. The maximum Gasteiger partial charge on any atom is 0.430 e. The molecule has 0 bridgehead atoms. The molecule has 3 aromatic rings. The second-order valence-electron chi connectivity index (χ2n) is 11.6. The van der Waals surface area contributed by atoms with E-state index in [-0.39, 0.29) is 6.04 Å². The lowest BCUT2D eigenvalue weighted by Crippen LogP contribution is -2.41. The van der Waals surface area contributed by atoms with E-state index in [2.05, 4.69) is 20.5 Å². The fourth-order valence-electron chi connectivity index (χ4n) is 6.23. The lowest BCUT2D eigenvalue weighted by Gasteiger charge is -2.31. The Morgan fingerprint density at radius 2 is 1.68 bits per heavy atom. The van der Waals surface area contributed by atoms with Crippen molar-refractivity contribution in [1.82, 2.24) is 24.6 Å². The number of nitrogens with two attached hydrogens (primary N) is 1. The Labute approximate surface area is 235 Å². The third-order valence-electron chi connectivity index (χ3n) is 8.63. The number of piperidine rings is 1. The van der Waals surface area contributed by atoms with Crippen molar-refractivity contribution in [2.45, 2.75) is 95.3 Å². The summed E-state index contributed by atoms with van der Waals surface area (Å²) in [5.41, 5.74) is 9.60. The van der Waals surface area contributed by atoms with Gasteiger partial charge in [0, 0.05) is 42.9 Å². The summed E-state index contributed by atoms with van der Waals surface area (Å²) in [7, 11) is 0. The van der Waals surface area contributed by atoms with E-state index in [0.717, 1.165) is 79.6 Å². The zero-order valence-electron chi connectivity index (χ0n) is 23.3. The Bertz CT molecular complexity index is 1310. The van der Waals surface area contributed by atoms with Crippen molar-refractivity contribution >= 4 is 34.7 Å². The molecule has 3 heterocycles. The third kappa shape index (κ3) is 6.15. The van der Waals surface area contributed by atoms with Crippen LogP contribution in [0.4, 0.5) is 22.2 Å². The average molecular weight is 548 g/mol. The summed E-state index contributed by atoms with van der Waals surface area (Å²) in [6.45, 7) is 3.23. The molecule has 1 aliphatic heterocycles. The maximum atomic E-state index is 12.5. The minimum atomic E-state index is -0.463. The number of para-hydroxylation sites is 1. The first-order valence-corrected chi connectivity index (χ1v) is 14.8. The van der Waals surface area contributed by atoms with Crippen molar-refractivity contribution in [1.29, 1.82) is 0 Å². The van der Waals surface area contributed by atoms with E-state index in [1.54, 1.807) is 5.06 Å². The Hall–Kier alpha value is -3.44. The predicted molar refractivity (Wildman–Crippen MR) is 156 cm³/mol. The fourth-order valence-corrected chi connectivity index (χ4v) is 6.23. The van der Waals surface area contributed by atoms with Gasteiger partial charge in [-0.1, -0.05) is 31.0 Å². The first-order valence-electron chi connectivity index (χ1n) is 14.8. The molecule has 0 unspecified atom stereocenters. The highest BCUT2D eigenvalue weighted by atomic mass is 16.7. The number of hydrogen-bond acceptors (Lipinski definition) is 9. The van der Waals surface area contributed by atoms with E-state index in [4.69, 9.17) is 25.5 Å². The Kier molecular flexibility index (Phi) is 8.01. The third-order valence-corrected chi connectivity index (χ3v) is 8.63. The zero-order chi connectivity index (χ0) is 27.5.